The molecular weight excluding hydrogens is 392 g/mol. The van der Waals surface area contributed by atoms with Crippen molar-refractivity contribution < 1.29 is 23.9 Å². The van der Waals surface area contributed by atoms with Crippen LogP contribution >= 0.6 is 11.6 Å². The van der Waals surface area contributed by atoms with Gasteiger partial charge in [-0.25, -0.2) is 9.59 Å². The van der Waals surface area contributed by atoms with Gasteiger partial charge >= 0.3 is 11.9 Å². The molecule has 29 heavy (non-hydrogen) atoms. The van der Waals surface area contributed by atoms with E-state index in [1.165, 1.54) is 6.07 Å². The summed E-state index contributed by atoms with van der Waals surface area (Å²) in [6.45, 7) is 0. The Morgan fingerprint density at radius 2 is 1.21 bits per heavy atom. The Hall–Kier alpha value is -3.44. The molecule has 0 heterocycles. The van der Waals surface area contributed by atoms with Crippen LogP contribution in [0.2, 0.25) is 0 Å². The first-order valence-corrected chi connectivity index (χ1v) is 9.26. The van der Waals surface area contributed by atoms with Crippen LogP contribution in [0.5, 0.6) is 11.5 Å². The fourth-order valence-corrected chi connectivity index (χ4v) is 2.68. The SMILES string of the molecule is O=C(Cl)CCc1ccc(OC(=O)c2ccccc2)c(OC(=O)c2ccccc2)c1. The maximum Gasteiger partial charge on any atom is 0.343 e. The van der Waals surface area contributed by atoms with Gasteiger partial charge in [-0.05, 0) is 60.0 Å². The molecular formula is C23H17ClO5. The molecule has 0 spiro atoms. The molecule has 0 atom stereocenters. The summed E-state index contributed by atoms with van der Waals surface area (Å²) in [5.41, 5.74) is 1.44. The molecule has 0 unspecified atom stereocenters. The fourth-order valence-electron chi connectivity index (χ4n) is 2.58. The number of benzene rings is 3. The van der Waals surface area contributed by atoms with Crippen LogP contribution in [0.1, 0.15) is 32.7 Å². The Morgan fingerprint density at radius 3 is 1.72 bits per heavy atom. The highest BCUT2D eigenvalue weighted by molar-refractivity contribution is 6.63. The summed E-state index contributed by atoms with van der Waals surface area (Å²) in [6.07, 6.45) is 0.502. The third-order valence-corrected chi connectivity index (χ3v) is 4.23. The number of carbonyl (C=O) groups excluding carboxylic acids is 3. The van der Waals surface area contributed by atoms with Crippen LogP contribution in [0.4, 0.5) is 0 Å². The van der Waals surface area contributed by atoms with Crippen molar-refractivity contribution >= 4 is 28.8 Å². The summed E-state index contributed by atoms with van der Waals surface area (Å²) in [5, 5.41) is -0.465. The van der Waals surface area contributed by atoms with E-state index in [1.807, 2.05) is 0 Å². The highest BCUT2D eigenvalue weighted by atomic mass is 35.5. The van der Waals surface area contributed by atoms with E-state index >= 15 is 0 Å². The number of carbonyl (C=O) groups is 3. The van der Waals surface area contributed by atoms with Gasteiger partial charge in [-0.1, -0.05) is 42.5 Å². The smallest absolute Gasteiger partial charge is 0.343 e. The minimum atomic E-state index is -0.590. The molecule has 0 saturated heterocycles. The average Bonchev–Trinajstić information content (AvgIpc) is 2.75. The second-order valence-electron chi connectivity index (χ2n) is 6.15. The van der Waals surface area contributed by atoms with Gasteiger partial charge < -0.3 is 9.47 Å². The zero-order valence-corrected chi connectivity index (χ0v) is 16.1. The van der Waals surface area contributed by atoms with Gasteiger partial charge in [0, 0.05) is 6.42 Å². The Balaban J connectivity index is 1.86. The van der Waals surface area contributed by atoms with Gasteiger partial charge in [-0.2, -0.15) is 0 Å². The van der Waals surface area contributed by atoms with Gasteiger partial charge in [-0.15, -0.1) is 0 Å². The van der Waals surface area contributed by atoms with Crippen LogP contribution in [-0.4, -0.2) is 17.2 Å². The van der Waals surface area contributed by atoms with E-state index in [-0.39, 0.29) is 17.9 Å². The van der Waals surface area contributed by atoms with Gasteiger partial charge in [0.15, 0.2) is 11.5 Å². The lowest BCUT2D eigenvalue weighted by Gasteiger charge is -2.12. The zero-order chi connectivity index (χ0) is 20.6. The maximum absolute atomic E-state index is 12.5. The standard InChI is InChI=1S/C23H17ClO5/c24-21(25)14-12-16-11-13-19(28-22(26)17-7-3-1-4-8-17)20(15-16)29-23(27)18-9-5-2-6-10-18/h1-11,13,15H,12,14H2. The number of ether oxygens (including phenoxy) is 2. The molecule has 0 N–H and O–H groups in total. The quantitative estimate of drug-likeness (QED) is 0.318. The van der Waals surface area contributed by atoms with E-state index in [9.17, 15) is 14.4 Å². The summed E-state index contributed by atoms with van der Waals surface area (Å²) in [4.78, 5) is 35.9. The van der Waals surface area contributed by atoms with Crippen molar-refractivity contribution in [3.63, 3.8) is 0 Å². The molecule has 3 aromatic carbocycles. The predicted molar refractivity (Wildman–Crippen MR) is 108 cm³/mol. The van der Waals surface area contributed by atoms with E-state index in [1.54, 1.807) is 72.8 Å². The number of esters is 2. The first kappa shape index (κ1) is 20.3. The highest BCUT2D eigenvalue weighted by Crippen LogP contribution is 2.30. The number of hydrogen-bond acceptors (Lipinski definition) is 5. The summed E-state index contributed by atoms with van der Waals surface area (Å²) in [5.74, 6) is -0.980. The van der Waals surface area contributed by atoms with Crippen LogP contribution < -0.4 is 9.47 Å². The van der Waals surface area contributed by atoms with E-state index in [2.05, 4.69) is 0 Å². The van der Waals surface area contributed by atoms with Crippen molar-refractivity contribution in [2.24, 2.45) is 0 Å². The summed E-state index contributed by atoms with van der Waals surface area (Å²) in [7, 11) is 0. The number of rotatable bonds is 7. The van der Waals surface area contributed by atoms with Gasteiger partial charge in [0.25, 0.3) is 0 Å². The van der Waals surface area contributed by atoms with Crippen molar-refractivity contribution in [3.8, 4) is 11.5 Å². The molecule has 0 aliphatic heterocycles. The molecule has 0 amide bonds. The molecule has 6 heteroatoms. The minimum Gasteiger partial charge on any atom is -0.419 e. The van der Waals surface area contributed by atoms with Crippen molar-refractivity contribution in [1.82, 2.24) is 0 Å². The van der Waals surface area contributed by atoms with Gasteiger partial charge in [0.2, 0.25) is 5.24 Å². The Kier molecular flexibility index (Phi) is 6.76. The molecule has 0 fully saturated rings. The number of halogens is 1. The highest BCUT2D eigenvalue weighted by Gasteiger charge is 2.17. The molecule has 0 radical (unpaired) electrons. The average molecular weight is 409 g/mol. The molecule has 0 bridgehead atoms. The van der Waals surface area contributed by atoms with Crippen LogP contribution in [0, 0.1) is 0 Å². The molecule has 0 saturated carbocycles. The Labute approximate surface area is 172 Å². The van der Waals surface area contributed by atoms with Gasteiger partial charge in [-0.3, -0.25) is 4.79 Å². The van der Waals surface area contributed by atoms with E-state index in [4.69, 9.17) is 21.1 Å². The lowest BCUT2D eigenvalue weighted by molar-refractivity contribution is -0.111. The van der Waals surface area contributed by atoms with E-state index in [0.717, 1.165) is 5.56 Å². The van der Waals surface area contributed by atoms with Crippen LogP contribution in [0.15, 0.2) is 78.9 Å². The second kappa shape index (κ2) is 9.66. The molecule has 0 aliphatic rings. The molecule has 3 aromatic rings. The largest absolute Gasteiger partial charge is 0.419 e. The molecule has 0 aromatic heterocycles. The van der Waals surface area contributed by atoms with Crippen LogP contribution in [0.25, 0.3) is 0 Å². The van der Waals surface area contributed by atoms with E-state index in [0.29, 0.717) is 17.5 Å². The molecule has 5 nitrogen and oxygen atoms in total. The van der Waals surface area contributed by atoms with Crippen LogP contribution in [-0.2, 0) is 11.2 Å². The van der Waals surface area contributed by atoms with Crippen molar-refractivity contribution in [2.75, 3.05) is 0 Å². The van der Waals surface area contributed by atoms with Crippen LogP contribution in [0.3, 0.4) is 0 Å². The number of hydrogen-bond donors (Lipinski definition) is 0. The first-order chi connectivity index (χ1) is 14.0. The Morgan fingerprint density at radius 1 is 0.690 bits per heavy atom. The van der Waals surface area contributed by atoms with Gasteiger partial charge in [0.1, 0.15) is 0 Å². The Bertz CT molecular complexity index is 1020. The lowest BCUT2D eigenvalue weighted by Crippen LogP contribution is -2.13. The third kappa shape index (κ3) is 5.77. The summed E-state index contributed by atoms with van der Waals surface area (Å²) in [6, 6.07) is 21.7. The summed E-state index contributed by atoms with van der Waals surface area (Å²) >= 11 is 5.41. The molecule has 0 aliphatic carbocycles. The molecule has 3 rings (SSSR count). The summed E-state index contributed by atoms with van der Waals surface area (Å²) < 4.78 is 10.9. The zero-order valence-electron chi connectivity index (χ0n) is 15.3. The number of aryl methyl sites for hydroxylation is 1. The fraction of sp³-hybridized carbons (Fsp3) is 0.0870. The minimum absolute atomic E-state index is 0.0858. The first-order valence-electron chi connectivity index (χ1n) is 8.88. The topological polar surface area (TPSA) is 69.7 Å². The van der Waals surface area contributed by atoms with E-state index < -0.39 is 17.2 Å². The van der Waals surface area contributed by atoms with Gasteiger partial charge in [0.05, 0.1) is 11.1 Å². The van der Waals surface area contributed by atoms with Crippen molar-refractivity contribution in [3.05, 3.63) is 95.6 Å². The maximum atomic E-state index is 12.5. The third-order valence-electron chi connectivity index (χ3n) is 4.04. The second-order valence-corrected chi connectivity index (χ2v) is 6.57. The predicted octanol–water partition coefficient (Wildman–Crippen LogP) is 4.82. The molecule has 146 valence electrons. The lowest BCUT2D eigenvalue weighted by atomic mass is 10.1. The van der Waals surface area contributed by atoms with Crippen molar-refractivity contribution in [2.45, 2.75) is 12.8 Å². The van der Waals surface area contributed by atoms with Crippen molar-refractivity contribution in [1.29, 1.82) is 0 Å². The normalized spacial score (nSPS) is 10.2. The monoisotopic (exact) mass is 408 g/mol.